The molecule has 0 spiro atoms. The number of aromatic amines is 1. The first-order valence-electron chi connectivity index (χ1n) is 12.5. The number of amides is 2. The number of nitrogens with one attached hydrogen (secondary N) is 3. The van der Waals surface area contributed by atoms with Gasteiger partial charge in [0.2, 0.25) is 11.8 Å². The normalized spacial score (nSPS) is 16.4. The van der Waals surface area contributed by atoms with Crippen LogP contribution in [0.2, 0.25) is 5.02 Å². The second kappa shape index (κ2) is 11.8. The van der Waals surface area contributed by atoms with E-state index >= 15 is 0 Å². The molecule has 10 nitrogen and oxygen atoms in total. The molecule has 0 saturated carbocycles. The molecule has 0 aliphatic carbocycles. The molecule has 0 saturated heterocycles. The fourth-order valence-electron chi connectivity index (χ4n) is 4.47. The van der Waals surface area contributed by atoms with Crippen LogP contribution in [0.25, 0.3) is 23.0 Å². The fraction of sp³-hybridized carbons (Fsp3) is 0.259. The lowest BCUT2D eigenvalue weighted by Gasteiger charge is -2.16. The van der Waals surface area contributed by atoms with E-state index in [0.717, 1.165) is 36.9 Å². The minimum absolute atomic E-state index is 0.00476. The fourth-order valence-corrected chi connectivity index (χ4v) is 4.65. The van der Waals surface area contributed by atoms with Crippen LogP contribution in [0.3, 0.4) is 0 Å². The number of hydrogen-bond donors (Lipinski definition) is 3. The van der Waals surface area contributed by atoms with Crippen LogP contribution < -0.4 is 10.6 Å². The Morgan fingerprint density at radius 3 is 2.87 bits per heavy atom. The third-order valence-corrected chi connectivity index (χ3v) is 6.60. The van der Waals surface area contributed by atoms with Gasteiger partial charge in [-0.25, -0.2) is 4.98 Å². The van der Waals surface area contributed by atoms with Gasteiger partial charge in [0.15, 0.2) is 0 Å². The summed E-state index contributed by atoms with van der Waals surface area (Å²) in [5.74, 6) is 0.409. The van der Waals surface area contributed by atoms with E-state index < -0.39 is 0 Å². The summed E-state index contributed by atoms with van der Waals surface area (Å²) in [7, 11) is 0. The molecule has 2 amide bonds. The molecule has 0 fully saturated rings. The zero-order valence-electron chi connectivity index (χ0n) is 20.6. The number of para-hydroxylation sites is 1. The molecular weight excluding hydrogens is 504 g/mol. The van der Waals surface area contributed by atoms with Crippen molar-refractivity contribution in [3.05, 3.63) is 77.5 Å². The van der Waals surface area contributed by atoms with Gasteiger partial charge in [-0.2, -0.15) is 4.68 Å². The van der Waals surface area contributed by atoms with Crippen LogP contribution in [0.5, 0.6) is 0 Å². The van der Waals surface area contributed by atoms with Crippen molar-refractivity contribution in [2.75, 3.05) is 5.32 Å². The molecule has 1 atom stereocenters. The van der Waals surface area contributed by atoms with E-state index in [1.54, 1.807) is 30.5 Å². The highest BCUT2D eigenvalue weighted by Crippen LogP contribution is 2.29. The molecule has 2 aromatic heterocycles. The topological polar surface area (TPSA) is 130 Å². The second-order valence-electron chi connectivity index (χ2n) is 9.07. The van der Waals surface area contributed by atoms with Gasteiger partial charge in [0, 0.05) is 34.8 Å². The predicted molar refractivity (Wildman–Crippen MR) is 144 cm³/mol. The van der Waals surface area contributed by atoms with Crippen molar-refractivity contribution in [3.8, 4) is 16.9 Å². The third kappa shape index (κ3) is 6.15. The van der Waals surface area contributed by atoms with Crippen LogP contribution in [0.15, 0.2) is 61.1 Å². The minimum Gasteiger partial charge on any atom is -0.346 e. The lowest BCUT2D eigenvalue weighted by Crippen LogP contribution is -2.27. The Hall–Kier alpha value is -4.31. The summed E-state index contributed by atoms with van der Waals surface area (Å²) < 4.78 is 1.51. The molecule has 5 rings (SSSR count). The Kier molecular flexibility index (Phi) is 7.89. The minimum atomic E-state index is -0.302. The van der Waals surface area contributed by atoms with Gasteiger partial charge in [0.1, 0.15) is 12.2 Å². The molecular formula is C27H27ClN8O2. The highest BCUT2D eigenvalue weighted by atomic mass is 35.5. The number of H-pyrrole nitrogens is 1. The third-order valence-electron chi connectivity index (χ3n) is 6.37. The van der Waals surface area contributed by atoms with E-state index in [9.17, 15) is 9.59 Å². The zero-order valence-corrected chi connectivity index (χ0v) is 21.4. The molecule has 0 radical (unpaired) electrons. The van der Waals surface area contributed by atoms with Crippen molar-refractivity contribution in [1.29, 1.82) is 0 Å². The lowest BCUT2D eigenvalue weighted by atomic mass is 10.0. The van der Waals surface area contributed by atoms with Gasteiger partial charge < -0.3 is 15.6 Å². The Bertz CT molecular complexity index is 1450. The average molecular weight is 531 g/mol. The Balaban J connectivity index is 1.38. The van der Waals surface area contributed by atoms with Crippen molar-refractivity contribution in [3.63, 3.8) is 0 Å². The maximum atomic E-state index is 13.0. The summed E-state index contributed by atoms with van der Waals surface area (Å²) in [6, 6.07) is 12.6. The first kappa shape index (κ1) is 25.3. The molecule has 194 valence electrons. The van der Waals surface area contributed by atoms with Crippen LogP contribution in [-0.4, -0.2) is 42.0 Å². The molecule has 2 bridgehead atoms. The SMILES string of the molecule is O=C(/C=C/c1cc(Cl)ccc1-n1cnnn1)N[C@H]1CCCCCCC(=O)Nc2ccccc2-c2c[nH]c1n2. The summed E-state index contributed by atoms with van der Waals surface area (Å²) in [4.78, 5) is 33.5. The maximum Gasteiger partial charge on any atom is 0.244 e. The smallest absolute Gasteiger partial charge is 0.244 e. The summed E-state index contributed by atoms with van der Waals surface area (Å²) in [6.45, 7) is 0. The number of rotatable bonds is 4. The number of imidazole rings is 1. The van der Waals surface area contributed by atoms with Crippen LogP contribution in [0.1, 0.15) is 56.0 Å². The van der Waals surface area contributed by atoms with Gasteiger partial charge in [-0.1, -0.05) is 49.1 Å². The Morgan fingerprint density at radius 2 is 2.00 bits per heavy atom. The van der Waals surface area contributed by atoms with Gasteiger partial charge in [-0.3, -0.25) is 9.59 Å². The highest BCUT2D eigenvalue weighted by Gasteiger charge is 2.19. The summed E-state index contributed by atoms with van der Waals surface area (Å²) in [5.41, 5.74) is 3.64. The van der Waals surface area contributed by atoms with Crippen molar-refractivity contribution in [2.24, 2.45) is 0 Å². The molecule has 3 heterocycles. The quantitative estimate of drug-likeness (QED) is 0.323. The molecule has 2 aromatic carbocycles. The first-order chi connectivity index (χ1) is 18.6. The predicted octanol–water partition coefficient (Wildman–Crippen LogP) is 4.87. The van der Waals surface area contributed by atoms with Gasteiger partial charge in [0.05, 0.1) is 23.1 Å². The molecule has 11 heteroatoms. The van der Waals surface area contributed by atoms with E-state index in [0.29, 0.717) is 40.6 Å². The van der Waals surface area contributed by atoms with Crippen molar-refractivity contribution in [2.45, 2.75) is 44.6 Å². The number of fused-ring (bicyclic) bond motifs is 4. The maximum absolute atomic E-state index is 13.0. The van der Waals surface area contributed by atoms with Gasteiger partial charge >= 0.3 is 0 Å². The molecule has 3 N–H and O–H groups in total. The number of carbonyl (C=O) groups excluding carboxylic acids is 2. The number of carbonyl (C=O) groups is 2. The van der Waals surface area contributed by atoms with Crippen LogP contribution in [0, 0.1) is 0 Å². The average Bonchev–Trinajstić information content (AvgIpc) is 3.62. The number of aromatic nitrogens is 6. The van der Waals surface area contributed by atoms with E-state index in [1.165, 1.54) is 17.1 Å². The van der Waals surface area contributed by atoms with E-state index in [-0.39, 0.29) is 17.9 Å². The van der Waals surface area contributed by atoms with E-state index in [4.69, 9.17) is 16.6 Å². The Morgan fingerprint density at radius 1 is 1.13 bits per heavy atom. The zero-order chi connectivity index (χ0) is 26.3. The molecule has 0 unspecified atom stereocenters. The second-order valence-corrected chi connectivity index (χ2v) is 9.51. The highest BCUT2D eigenvalue weighted by molar-refractivity contribution is 6.30. The van der Waals surface area contributed by atoms with E-state index in [2.05, 4.69) is 31.1 Å². The van der Waals surface area contributed by atoms with E-state index in [1.807, 2.05) is 24.3 Å². The first-order valence-corrected chi connectivity index (χ1v) is 12.9. The number of nitrogens with zero attached hydrogens (tertiary/aromatic N) is 5. The van der Waals surface area contributed by atoms with Gasteiger partial charge in [0.25, 0.3) is 0 Å². The summed E-state index contributed by atoms with van der Waals surface area (Å²) in [5, 5.41) is 17.9. The Labute approximate surface area is 224 Å². The van der Waals surface area contributed by atoms with Gasteiger partial charge in [-0.15, -0.1) is 5.10 Å². The van der Waals surface area contributed by atoms with Crippen LogP contribution in [-0.2, 0) is 9.59 Å². The van der Waals surface area contributed by atoms with Crippen molar-refractivity contribution >= 4 is 35.2 Å². The largest absolute Gasteiger partial charge is 0.346 e. The van der Waals surface area contributed by atoms with Crippen LogP contribution in [0.4, 0.5) is 5.69 Å². The lowest BCUT2D eigenvalue weighted by molar-refractivity contribution is -0.117. The molecule has 38 heavy (non-hydrogen) atoms. The summed E-state index contributed by atoms with van der Waals surface area (Å²) >= 11 is 6.20. The van der Waals surface area contributed by atoms with Gasteiger partial charge in [-0.05, 0) is 53.6 Å². The number of hydrogen-bond acceptors (Lipinski definition) is 6. The standard InChI is InChI=1S/C27H27ClN8O2/c28-19-12-13-24(36-17-30-34-35-36)18(15-19)11-14-26(38)32-22-9-3-1-2-4-10-25(37)31-21-8-6-5-7-20(21)23-16-29-27(22)33-23/h5-8,11-17,22H,1-4,9-10H2,(H,29,33)(H,31,37)(H,32,38)/b14-11+/t22-/m0/s1. The van der Waals surface area contributed by atoms with Crippen LogP contribution >= 0.6 is 11.6 Å². The number of halogens is 1. The van der Waals surface area contributed by atoms with Crippen molar-refractivity contribution in [1.82, 2.24) is 35.5 Å². The monoisotopic (exact) mass is 530 g/mol. The molecule has 1 aliphatic rings. The number of tetrazole rings is 1. The molecule has 1 aliphatic heterocycles. The number of anilines is 1. The molecule has 4 aromatic rings. The van der Waals surface area contributed by atoms with Crippen molar-refractivity contribution < 1.29 is 9.59 Å². The summed E-state index contributed by atoms with van der Waals surface area (Å²) in [6.07, 6.45) is 11.2. The number of benzene rings is 2.